The summed E-state index contributed by atoms with van der Waals surface area (Å²) in [5.41, 5.74) is 2.12. The molecule has 0 saturated carbocycles. The molecule has 1 aromatic rings. The summed E-state index contributed by atoms with van der Waals surface area (Å²) in [4.78, 5) is 23.1. The van der Waals surface area contributed by atoms with Crippen molar-refractivity contribution < 1.29 is 14.7 Å². The fourth-order valence-corrected chi connectivity index (χ4v) is 1.70. The van der Waals surface area contributed by atoms with E-state index in [9.17, 15) is 9.59 Å². The smallest absolute Gasteiger partial charge is 0.251 e. The lowest BCUT2D eigenvalue weighted by molar-refractivity contribution is -0.116. The molecule has 2 amide bonds. The molecule has 0 radical (unpaired) electrons. The number of rotatable bonds is 6. The van der Waals surface area contributed by atoms with Gasteiger partial charge in [-0.05, 0) is 43.5 Å². The van der Waals surface area contributed by atoms with Crippen LogP contribution in [0.4, 0.5) is 5.69 Å². The lowest BCUT2D eigenvalue weighted by Gasteiger charge is -2.09. The second-order valence-electron chi connectivity index (χ2n) is 4.34. The van der Waals surface area contributed by atoms with Crippen molar-refractivity contribution in [1.82, 2.24) is 5.32 Å². The van der Waals surface area contributed by atoms with Crippen molar-refractivity contribution in [3.05, 3.63) is 29.3 Å². The average molecular weight is 264 g/mol. The number of anilines is 1. The number of carbonyl (C=O) groups excluding carboxylic acids is 2. The first-order chi connectivity index (χ1) is 9.08. The molecule has 104 valence electrons. The minimum absolute atomic E-state index is 0.0794. The van der Waals surface area contributed by atoms with Crippen LogP contribution in [0.3, 0.4) is 0 Å². The average Bonchev–Trinajstić information content (AvgIpc) is 2.40. The van der Waals surface area contributed by atoms with Gasteiger partial charge in [0.25, 0.3) is 5.91 Å². The number of aryl methyl sites for hydroxylation is 1. The Bertz CT molecular complexity index is 458. The van der Waals surface area contributed by atoms with Crippen molar-refractivity contribution in [3.8, 4) is 0 Å². The van der Waals surface area contributed by atoms with E-state index >= 15 is 0 Å². The number of amides is 2. The number of hydrogen-bond acceptors (Lipinski definition) is 3. The van der Waals surface area contributed by atoms with Crippen molar-refractivity contribution in [2.45, 2.75) is 26.2 Å². The van der Waals surface area contributed by atoms with E-state index in [4.69, 9.17) is 5.11 Å². The summed E-state index contributed by atoms with van der Waals surface area (Å²) in [6.07, 6.45) is 1.68. The van der Waals surface area contributed by atoms with Crippen LogP contribution in [0.5, 0.6) is 0 Å². The van der Waals surface area contributed by atoms with E-state index in [1.165, 1.54) is 0 Å². The molecule has 5 nitrogen and oxygen atoms in total. The summed E-state index contributed by atoms with van der Waals surface area (Å²) in [6.45, 7) is 1.95. The zero-order chi connectivity index (χ0) is 14.3. The minimum Gasteiger partial charge on any atom is -0.396 e. The Balaban J connectivity index is 2.64. The van der Waals surface area contributed by atoms with Gasteiger partial charge in [-0.25, -0.2) is 0 Å². The second kappa shape index (κ2) is 7.53. The number of carbonyl (C=O) groups is 2. The van der Waals surface area contributed by atoms with Crippen LogP contribution in [0.25, 0.3) is 0 Å². The highest BCUT2D eigenvalue weighted by Gasteiger charge is 2.08. The zero-order valence-electron chi connectivity index (χ0n) is 11.3. The summed E-state index contributed by atoms with van der Waals surface area (Å²) in [5, 5.41) is 14.0. The zero-order valence-corrected chi connectivity index (χ0v) is 11.3. The molecule has 0 aliphatic carbocycles. The summed E-state index contributed by atoms with van der Waals surface area (Å²) in [6, 6.07) is 5.14. The van der Waals surface area contributed by atoms with Crippen molar-refractivity contribution in [2.75, 3.05) is 19.0 Å². The van der Waals surface area contributed by atoms with Crippen molar-refractivity contribution in [3.63, 3.8) is 0 Å². The van der Waals surface area contributed by atoms with Gasteiger partial charge >= 0.3 is 0 Å². The molecule has 0 spiro atoms. The predicted molar refractivity (Wildman–Crippen MR) is 74.1 cm³/mol. The summed E-state index contributed by atoms with van der Waals surface area (Å²) in [5.74, 6) is -0.229. The second-order valence-corrected chi connectivity index (χ2v) is 4.34. The first-order valence-corrected chi connectivity index (χ1v) is 6.32. The fraction of sp³-hybridized carbons (Fsp3) is 0.429. The standard InChI is InChI=1S/C14H20N2O3/c1-10-9-11(14(19)15-2)6-7-12(10)16-13(18)5-3-4-8-17/h6-7,9,17H,3-5,8H2,1-2H3,(H,15,19)(H,16,18). The van der Waals surface area contributed by atoms with Gasteiger partial charge in [-0.3, -0.25) is 9.59 Å². The van der Waals surface area contributed by atoms with Gasteiger partial charge in [0.1, 0.15) is 0 Å². The first kappa shape index (κ1) is 15.2. The monoisotopic (exact) mass is 264 g/mol. The maximum absolute atomic E-state index is 11.6. The van der Waals surface area contributed by atoms with Crippen molar-refractivity contribution in [2.24, 2.45) is 0 Å². The van der Waals surface area contributed by atoms with Crippen LogP contribution < -0.4 is 10.6 Å². The molecular formula is C14H20N2O3. The SMILES string of the molecule is CNC(=O)c1ccc(NC(=O)CCCCO)c(C)c1. The van der Waals surface area contributed by atoms with Crippen LogP contribution >= 0.6 is 0 Å². The number of unbranched alkanes of at least 4 members (excludes halogenated alkanes) is 1. The molecule has 0 aromatic heterocycles. The van der Waals surface area contributed by atoms with Crippen molar-refractivity contribution >= 4 is 17.5 Å². The van der Waals surface area contributed by atoms with Crippen LogP contribution in [0, 0.1) is 6.92 Å². The Morgan fingerprint density at radius 3 is 2.58 bits per heavy atom. The molecule has 0 atom stereocenters. The fourth-order valence-electron chi connectivity index (χ4n) is 1.70. The third-order valence-corrected chi connectivity index (χ3v) is 2.80. The predicted octanol–water partition coefficient (Wildman–Crippen LogP) is 1.46. The van der Waals surface area contributed by atoms with Crippen LogP contribution in [0.1, 0.15) is 35.2 Å². The quantitative estimate of drug-likeness (QED) is 0.681. The molecule has 0 aliphatic heterocycles. The molecule has 1 rings (SSSR count). The van der Waals surface area contributed by atoms with Gasteiger partial charge in [0.2, 0.25) is 5.91 Å². The van der Waals surface area contributed by atoms with E-state index in [2.05, 4.69) is 10.6 Å². The normalized spacial score (nSPS) is 10.1. The largest absolute Gasteiger partial charge is 0.396 e. The first-order valence-electron chi connectivity index (χ1n) is 6.32. The molecule has 0 unspecified atom stereocenters. The molecule has 0 bridgehead atoms. The Kier molecular flexibility index (Phi) is 6.02. The van der Waals surface area contributed by atoms with Gasteiger partial charge in [-0.2, -0.15) is 0 Å². The number of nitrogens with one attached hydrogen (secondary N) is 2. The Labute approximate surface area is 113 Å². The third kappa shape index (κ3) is 4.71. The number of hydrogen-bond donors (Lipinski definition) is 3. The maximum Gasteiger partial charge on any atom is 0.251 e. The summed E-state index contributed by atoms with van der Waals surface area (Å²) in [7, 11) is 1.58. The molecule has 1 aromatic carbocycles. The molecular weight excluding hydrogens is 244 g/mol. The molecule has 5 heteroatoms. The van der Waals surface area contributed by atoms with Gasteiger partial charge in [0.05, 0.1) is 0 Å². The Morgan fingerprint density at radius 1 is 1.26 bits per heavy atom. The van der Waals surface area contributed by atoms with E-state index in [1.807, 2.05) is 6.92 Å². The van der Waals surface area contributed by atoms with Crippen LogP contribution in [0.15, 0.2) is 18.2 Å². The van der Waals surface area contributed by atoms with Gasteiger partial charge in [0, 0.05) is 31.3 Å². The molecule has 0 fully saturated rings. The van der Waals surface area contributed by atoms with Gasteiger partial charge in [0.15, 0.2) is 0 Å². The highest BCUT2D eigenvalue weighted by molar-refractivity contribution is 5.96. The Hall–Kier alpha value is -1.88. The van der Waals surface area contributed by atoms with Crippen LogP contribution in [-0.2, 0) is 4.79 Å². The van der Waals surface area contributed by atoms with Crippen LogP contribution in [0.2, 0.25) is 0 Å². The van der Waals surface area contributed by atoms with E-state index in [1.54, 1.807) is 25.2 Å². The highest BCUT2D eigenvalue weighted by Crippen LogP contribution is 2.17. The number of aliphatic hydroxyl groups excluding tert-OH is 1. The summed E-state index contributed by atoms with van der Waals surface area (Å²) < 4.78 is 0. The molecule has 19 heavy (non-hydrogen) atoms. The number of aliphatic hydroxyl groups is 1. The van der Waals surface area contributed by atoms with E-state index in [0.29, 0.717) is 30.5 Å². The third-order valence-electron chi connectivity index (χ3n) is 2.80. The Morgan fingerprint density at radius 2 is 2.00 bits per heavy atom. The van der Waals surface area contributed by atoms with E-state index < -0.39 is 0 Å². The van der Waals surface area contributed by atoms with E-state index in [-0.39, 0.29) is 18.4 Å². The number of benzene rings is 1. The maximum atomic E-state index is 11.6. The topological polar surface area (TPSA) is 78.4 Å². The lowest BCUT2D eigenvalue weighted by atomic mass is 10.1. The van der Waals surface area contributed by atoms with Crippen LogP contribution in [-0.4, -0.2) is 30.6 Å². The van der Waals surface area contributed by atoms with Gasteiger partial charge in [-0.1, -0.05) is 0 Å². The molecule has 0 heterocycles. The summed E-state index contributed by atoms with van der Waals surface area (Å²) >= 11 is 0. The molecule has 0 saturated heterocycles. The molecule has 3 N–H and O–H groups in total. The van der Waals surface area contributed by atoms with Gasteiger partial charge < -0.3 is 15.7 Å². The minimum atomic E-state index is -0.149. The van der Waals surface area contributed by atoms with E-state index in [0.717, 1.165) is 5.56 Å². The van der Waals surface area contributed by atoms with Crippen molar-refractivity contribution in [1.29, 1.82) is 0 Å². The highest BCUT2D eigenvalue weighted by atomic mass is 16.3. The van der Waals surface area contributed by atoms with Gasteiger partial charge in [-0.15, -0.1) is 0 Å². The lowest BCUT2D eigenvalue weighted by Crippen LogP contribution is -2.18. The molecule has 0 aliphatic rings.